The number of rotatable bonds is 3. The van der Waals surface area contributed by atoms with Crippen molar-refractivity contribution in [3.8, 4) is 0 Å². The quantitative estimate of drug-likeness (QED) is 0.823. The summed E-state index contributed by atoms with van der Waals surface area (Å²) in [6.07, 6.45) is 3.38. The lowest BCUT2D eigenvalue weighted by molar-refractivity contribution is 0.0671. The molecule has 0 N–H and O–H groups in total. The summed E-state index contributed by atoms with van der Waals surface area (Å²) in [5.41, 5.74) is 1.93. The van der Waals surface area contributed by atoms with Crippen molar-refractivity contribution in [1.82, 2.24) is 14.8 Å². The lowest BCUT2D eigenvalue weighted by Gasteiger charge is -2.40. The van der Waals surface area contributed by atoms with E-state index in [1.54, 1.807) is 0 Å². The summed E-state index contributed by atoms with van der Waals surface area (Å²) in [6, 6.07) is 6.79. The van der Waals surface area contributed by atoms with Crippen molar-refractivity contribution in [2.45, 2.75) is 32.7 Å². The average molecular weight is 373 g/mol. The number of hydrogen-bond donors (Lipinski definition) is 0. The Bertz CT molecular complexity index is 791. The van der Waals surface area contributed by atoms with Crippen molar-refractivity contribution in [2.75, 3.05) is 26.2 Å². The summed E-state index contributed by atoms with van der Waals surface area (Å²) in [7, 11) is 0. The second kappa shape index (κ2) is 7.08. The Morgan fingerprint density at radius 3 is 2.77 bits per heavy atom. The molecule has 0 saturated carbocycles. The molecule has 4 rings (SSSR count). The molecule has 0 radical (unpaired) electrons. The molecule has 1 aromatic carbocycles. The topological polar surface area (TPSA) is 36.4 Å². The largest absolute Gasteiger partial charge is 0.337 e. The molecule has 2 aromatic rings. The molecule has 1 atom stereocenters. The predicted molar refractivity (Wildman–Crippen MR) is 101 cm³/mol. The van der Waals surface area contributed by atoms with E-state index in [4.69, 9.17) is 0 Å². The van der Waals surface area contributed by atoms with Crippen LogP contribution < -0.4 is 0 Å². The fraction of sp³-hybridized carbons (Fsp3) is 0.500. The molecule has 1 amide bonds. The zero-order chi connectivity index (χ0) is 18.1. The fourth-order valence-corrected chi connectivity index (χ4v) is 4.95. The van der Waals surface area contributed by atoms with E-state index in [9.17, 15) is 9.18 Å². The Kier molecular flexibility index (Phi) is 4.80. The van der Waals surface area contributed by atoms with Crippen molar-refractivity contribution in [1.29, 1.82) is 0 Å². The average Bonchev–Trinajstić information content (AvgIpc) is 3.23. The molecule has 6 heteroatoms. The molecular formula is C20H24FN3OS. The van der Waals surface area contributed by atoms with Crippen molar-refractivity contribution >= 4 is 17.2 Å². The van der Waals surface area contributed by atoms with Gasteiger partial charge in [-0.15, -0.1) is 11.3 Å². The Labute approximate surface area is 157 Å². The van der Waals surface area contributed by atoms with Crippen LogP contribution in [0.4, 0.5) is 4.39 Å². The second-order valence-electron chi connectivity index (χ2n) is 7.67. The molecule has 2 aliphatic heterocycles. The predicted octanol–water partition coefficient (Wildman–Crippen LogP) is 3.72. The Hall–Kier alpha value is -1.79. The molecule has 1 unspecified atom stereocenters. The number of likely N-dealkylation sites (tertiary alicyclic amines) is 2. The monoisotopic (exact) mass is 373 g/mol. The highest BCUT2D eigenvalue weighted by Crippen LogP contribution is 2.39. The number of carbonyl (C=O) groups is 1. The summed E-state index contributed by atoms with van der Waals surface area (Å²) >= 11 is 1.53. The molecule has 26 heavy (non-hydrogen) atoms. The second-order valence-corrected chi connectivity index (χ2v) is 8.73. The SMILES string of the molecule is Cc1nc(C(=O)N2CCC3(CCCN(Cc4ccc(F)cc4)C3)C2)cs1. The Morgan fingerprint density at radius 1 is 1.23 bits per heavy atom. The highest BCUT2D eigenvalue weighted by Gasteiger charge is 2.43. The number of benzene rings is 1. The number of carbonyl (C=O) groups excluding carboxylic acids is 1. The van der Waals surface area contributed by atoms with Gasteiger partial charge >= 0.3 is 0 Å². The fourth-order valence-electron chi connectivity index (χ4n) is 4.36. The van der Waals surface area contributed by atoms with E-state index in [2.05, 4.69) is 9.88 Å². The van der Waals surface area contributed by atoms with Crippen molar-refractivity contribution in [3.05, 3.63) is 51.7 Å². The van der Waals surface area contributed by atoms with E-state index in [1.807, 2.05) is 29.3 Å². The maximum Gasteiger partial charge on any atom is 0.273 e. The number of aryl methyl sites for hydroxylation is 1. The first-order chi connectivity index (χ1) is 12.5. The smallest absolute Gasteiger partial charge is 0.273 e. The maximum absolute atomic E-state index is 13.1. The third kappa shape index (κ3) is 3.67. The normalized spacial score (nSPS) is 23.7. The first-order valence-corrected chi connectivity index (χ1v) is 10.1. The zero-order valence-electron chi connectivity index (χ0n) is 15.1. The van der Waals surface area contributed by atoms with Gasteiger partial charge in [-0.25, -0.2) is 9.37 Å². The van der Waals surface area contributed by atoms with Gasteiger partial charge in [0, 0.05) is 37.0 Å². The minimum absolute atomic E-state index is 0.0712. The van der Waals surface area contributed by atoms with E-state index in [0.29, 0.717) is 5.69 Å². The molecule has 2 fully saturated rings. The van der Waals surface area contributed by atoms with Gasteiger partial charge < -0.3 is 4.90 Å². The first-order valence-electron chi connectivity index (χ1n) is 9.21. The third-order valence-electron chi connectivity index (χ3n) is 5.62. The highest BCUT2D eigenvalue weighted by atomic mass is 32.1. The summed E-state index contributed by atoms with van der Waals surface area (Å²) in [5, 5.41) is 2.80. The van der Waals surface area contributed by atoms with Crippen molar-refractivity contribution in [3.63, 3.8) is 0 Å². The number of piperidine rings is 1. The van der Waals surface area contributed by atoms with Gasteiger partial charge in [-0.05, 0) is 50.4 Å². The molecule has 1 spiro atoms. The van der Waals surface area contributed by atoms with Gasteiger partial charge in [-0.3, -0.25) is 9.69 Å². The van der Waals surface area contributed by atoms with Gasteiger partial charge in [-0.1, -0.05) is 12.1 Å². The van der Waals surface area contributed by atoms with E-state index in [0.717, 1.165) is 56.1 Å². The number of hydrogen-bond acceptors (Lipinski definition) is 4. The molecule has 0 bridgehead atoms. The van der Waals surface area contributed by atoms with Crippen LogP contribution in [0.25, 0.3) is 0 Å². The molecule has 2 saturated heterocycles. The van der Waals surface area contributed by atoms with Gasteiger partial charge in [0.2, 0.25) is 0 Å². The number of aromatic nitrogens is 1. The van der Waals surface area contributed by atoms with Crippen LogP contribution in [0.5, 0.6) is 0 Å². The molecule has 0 aliphatic carbocycles. The molecule has 1 aromatic heterocycles. The van der Waals surface area contributed by atoms with Gasteiger partial charge in [0.1, 0.15) is 11.5 Å². The van der Waals surface area contributed by atoms with E-state index >= 15 is 0 Å². The van der Waals surface area contributed by atoms with Gasteiger partial charge in [0.15, 0.2) is 0 Å². The maximum atomic E-state index is 13.1. The standard InChI is InChI=1S/C20H24FN3OS/c1-15-22-18(12-26-15)19(25)24-10-8-20(14-24)7-2-9-23(13-20)11-16-3-5-17(21)6-4-16/h3-6,12H,2,7-11,13-14H2,1H3. The van der Waals surface area contributed by atoms with Crippen LogP contribution in [0, 0.1) is 18.2 Å². The number of thiazole rings is 1. The molecule has 4 nitrogen and oxygen atoms in total. The first kappa shape index (κ1) is 17.6. The summed E-state index contributed by atoms with van der Waals surface area (Å²) in [6.45, 7) is 6.49. The van der Waals surface area contributed by atoms with Crippen LogP contribution in [0.2, 0.25) is 0 Å². The lowest BCUT2D eigenvalue weighted by Crippen LogP contribution is -2.45. The molecule has 138 valence electrons. The summed E-state index contributed by atoms with van der Waals surface area (Å²) < 4.78 is 13.1. The number of halogens is 1. The highest BCUT2D eigenvalue weighted by molar-refractivity contribution is 7.09. The Balaban J connectivity index is 1.40. The third-order valence-corrected chi connectivity index (χ3v) is 6.40. The summed E-state index contributed by atoms with van der Waals surface area (Å²) in [5.74, 6) is -0.118. The Morgan fingerprint density at radius 2 is 2.04 bits per heavy atom. The minimum atomic E-state index is -0.189. The van der Waals surface area contributed by atoms with Crippen LogP contribution in [-0.4, -0.2) is 46.9 Å². The van der Waals surface area contributed by atoms with Crippen molar-refractivity contribution < 1.29 is 9.18 Å². The van der Waals surface area contributed by atoms with Crippen LogP contribution in [0.3, 0.4) is 0 Å². The van der Waals surface area contributed by atoms with E-state index in [1.165, 1.54) is 29.9 Å². The van der Waals surface area contributed by atoms with E-state index < -0.39 is 0 Å². The van der Waals surface area contributed by atoms with E-state index in [-0.39, 0.29) is 17.1 Å². The van der Waals surface area contributed by atoms with Crippen molar-refractivity contribution in [2.24, 2.45) is 5.41 Å². The van der Waals surface area contributed by atoms with Crippen LogP contribution in [-0.2, 0) is 6.54 Å². The van der Waals surface area contributed by atoms with Gasteiger partial charge in [-0.2, -0.15) is 0 Å². The molecule has 3 heterocycles. The zero-order valence-corrected chi connectivity index (χ0v) is 15.9. The minimum Gasteiger partial charge on any atom is -0.337 e. The van der Waals surface area contributed by atoms with Gasteiger partial charge in [0.05, 0.1) is 5.01 Å². The summed E-state index contributed by atoms with van der Waals surface area (Å²) in [4.78, 5) is 21.5. The molecular weight excluding hydrogens is 349 g/mol. The molecule has 2 aliphatic rings. The van der Waals surface area contributed by atoms with Crippen LogP contribution >= 0.6 is 11.3 Å². The lowest BCUT2D eigenvalue weighted by atomic mass is 9.79. The van der Waals surface area contributed by atoms with Crippen LogP contribution in [0.15, 0.2) is 29.6 Å². The number of nitrogens with zero attached hydrogens (tertiary/aromatic N) is 3. The number of amides is 1. The van der Waals surface area contributed by atoms with Gasteiger partial charge in [0.25, 0.3) is 5.91 Å². The van der Waals surface area contributed by atoms with Crippen LogP contribution in [0.1, 0.15) is 40.3 Å².